The maximum atomic E-state index is 5.46. The van der Waals surface area contributed by atoms with Crippen LogP contribution in [0.2, 0.25) is 0 Å². The molecular weight excluding hydrogens is 529 g/mol. The fraction of sp³-hybridized carbons (Fsp3) is 0.542. The molecule has 0 spiro atoms. The van der Waals surface area contributed by atoms with E-state index in [1.165, 1.54) is 5.56 Å². The first kappa shape index (κ1) is 27.3. The summed E-state index contributed by atoms with van der Waals surface area (Å²) < 4.78 is 7.46. The average molecular weight is 568 g/mol. The standard InChI is InChI=1S/C24H37N7O.HI/c1-4-32-19-9-13-25-24(26-20-23-28-27-21(2)29(23)3)31-17-15-30(16-18-31)14-8-12-22-10-6-5-7-11-22;/h5-8,10-12H,4,9,13-20H2,1-3H3,(H,25,26);1H/b12-8+;. The third-order valence-electron chi connectivity index (χ3n) is 5.65. The van der Waals surface area contributed by atoms with E-state index in [4.69, 9.17) is 9.73 Å². The van der Waals surface area contributed by atoms with Gasteiger partial charge in [-0.25, -0.2) is 4.99 Å². The third kappa shape index (κ3) is 9.05. The summed E-state index contributed by atoms with van der Waals surface area (Å²) in [5, 5.41) is 11.9. The minimum absolute atomic E-state index is 0. The highest BCUT2D eigenvalue weighted by Gasteiger charge is 2.19. The van der Waals surface area contributed by atoms with Crippen LogP contribution >= 0.6 is 24.0 Å². The van der Waals surface area contributed by atoms with Crippen molar-refractivity contribution in [2.45, 2.75) is 26.8 Å². The van der Waals surface area contributed by atoms with Gasteiger partial charge >= 0.3 is 0 Å². The lowest BCUT2D eigenvalue weighted by molar-refractivity contribution is 0.145. The normalized spacial score (nSPS) is 15.1. The molecular formula is C24H38IN7O. The molecule has 0 aliphatic carbocycles. The summed E-state index contributed by atoms with van der Waals surface area (Å²) in [6.45, 7) is 11.8. The number of piperazine rings is 1. The molecule has 9 heteroatoms. The highest BCUT2D eigenvalue weighted by molar-refractivity contribution is 14.0. The molecule has 1 aromatic carbocycles. The van der Waals surface area contributed by atoms with Crippen LogP contribution in [0.5, 0.6) is 0 Å². The number of halogens is 1. The lowest BCUT2D eigenvalue weighted by Crippen LogP contribution is -2.52. The van der Waals surface area contributed by atoms with Crippen LogP contribution in [-0.4, -0.2) is 83.0 Å². The van der Waals surface area contributed by atoms with E-state index in [1.54, 1.807) is 0 Å². The molecule has 8 nitrogen and oxygen atoms in total. The number of rotatable bonds is 10. The Bertz CT molecular complexity index is 861. The highest BCUT2D eigenvalue weighted by atomic mass is 127. The Morgan fingerprint density at radius 3 is 2.58 bits per heavy atom. The highest BCUT2D eigenvalue weighted by Crippen LogP contribution is 2.06. The van der Waals surface area contributed by atoms with Crippen LogP contribution in [-0.2, 0) is 18.3 Å². The number of aryl methyl sites for hydroxylation is 1. The Kier molecular flexibility index (Phi) is 12.4. The van der Waals surface area contributed by atoms with E-state index in [0.717, 1.165) is 76.5 Å². The topological polar surface area (TPSA) is 70.8 Å². The number of aliphatic imine (C=N–C) groups is 1. The van der Waals surface area contributed by atoms with Gasteiger partial charge in [0.05, 0.1) is 0 Å². The lowest BCUT2D eigenvalue weighted by atomic mass is 10.2. The Labute approximate surface area is 215 Å². The predicted octanol–water partition coefficient (Wildman–Crippen LogP) is 2.94. The number of aromatic nitrogens is 3. The van der Waals surface area contributed by atoms with Gasteiger partial charge in [0, 0.05) is 59.5 Å². The van der Waals surface area contributed by atoms with E-state index in [-0.39, 0.29) is 24.0 Å². The number of nitrogens with one attached hydrogen (secondary N) is 1. The maximum absolute atomic E-state index is 5.46. The molecule has 1 aromatic heterocycles. The van der Waals surface area contributed by atoms with Crippen LogP contribution < -0.4 is 5.32 Å². The number of ether oxygens (including phenoxy) is 1. The molecule has 2 aromatic rings. The third-order valence-corrected chi connectivity index (χ3v) is 5.65. The molecule has 1 N–H and O–H groups in total. The first-order chi connectivity index (χ1) is 15.7. The molecule has 182 valence electrons. The smallest absolute Gasteiger partial charge is 0.194 e. The second-order valence-electron chi connectivity index (χ2n) is 7.94. The zero-order valence-electron chi connectivity index (χ0n) is 20.1. The SMILES string of the molecule is CCOCCCNC(=NCc1nnc(C)n1C)N1CCN(C/C=C/c2ccccc2)CC1.I. The van der Waals surface area contributed by atoms with Gasteiger partial charge in [-0.15, -0.1) is 34.2 Å². The second-order valence-corrected chi connectivity index (χ2v) is 7.94. The van der Waals surface area contributed by atoms with Crippen molar-refractivity contribution in [3.8, 4) is 0 Å². The fourth-order valence-electron chi connectivity index (χ4n) is 3.57. The predicted molar refractivity (Wildman–Crippen MR) is 145 cm³/mol. The van der Waals surface area contributed by atoms with Gasteiger partial charge < -0.3 is 19.5 Å². The van der Waals surface area contributed by atoms with Crippen LogP contribution in [0.4, 0.5) is 0 Å². The average Bonchev–Trinajstić information content (AvgIpc) is 3.14. The fourth-order valence-corrected chi connectivity index (χ4v) is 3.57. The number of guanidine groups is 1. The summed E-state index contributed by atoms with van der Waals surface area (Å²) in [6, 6.07) is 10.5. The molecule has 0 amide bonds. The molecule has 3 rings (SSSR count). The second kappa shape index (κ2) is 15.0. The van der Waals surface area contributed by atoms with Crippen molar-refractivity contribution in [3.05, 3.63) is 53.6 Å². The lowest BCUT2D eigenvalue weighted by Gasteiger charge is -2.36. The molecule has 0 bridgehead atoms. The van der Waals surface area contributed by atoms with E-state index in [2.05, 4.69) is 61.7 Å². The van der Waals surface area contributed by atoms with Gasteiger partial charge in [-0.2, -0.15) is 0 Å². The molecule has 0 atom stereocenters. The van der Waals surface area contributed by atoms with Crippen LogP contribution in [0.3, 0.4) is 0 Å². The summed E-state index contributed by atoms with van der Waals surface area (Å²) in [7, 11) is 1.98. The molecule has 0 saturated carbocycles. The summed E-state index contributed by atoms with van der Waals surface area (Å²) in [4.78, 5) is 9.70. The molecule has 1 aliphatic rings. The molecule has 0 unspecified atom stereocenters. The Hall–Kier alpha value is -1.98. The number of hydrogen-bond acceptors (Lipinski definition) is 5. The molecule has 1 aliphatic heterocycles. The van der Waals surface area contributed by atoms with Gasteiger partial charge in [0.25, 0.3) is 0 Å². The van der Waals surface area contributed by atoms with Gasteiger partial charge in [0.2, 0.25) is 0 Å². The molecule has 1 fully saturated rings. The summed E-state index contributed by atoms with van der Waals surface area (Å²) in [5.41, 5.74) is 1.25. The van der Waals surface area contributed by atoms with Crippen molar-refractivity contribution >= 4 is 36.0 Å². The van der Waals surface area contributed by atoms with E-state index in [9.17, 15) is 0 Å². The van der Waals surface area contributed by atoms with Gasteiger partial charge in [-0.3, -0.25) is 4.90 Å². The van der Waals surface area contributed by atoms with Crippen molar-refractivity contribution in [2.24, 2.45) is 12.0 Å². The zero-order chi connectivity index (χ0) is 22.6. The Morgan fingerprint density at radius 1 is 1.15 bits per heavy atom. The monoisotopic (exact) mass is 567 g/mol. The molecule has 0 radical (unpaired) electrons. The van der Waals surface area contributed by atoms with E-state index >= 15 is 0 Å². The van der Waals surface area contributed by atoms with Crippen molar-refractivity contribution < 1.29 is 4.74 Å². The van der Waals surface area contributed by atoms with Gasteiger partial charge in [-0.05, 0) is 25.8 Å². The number of nitrogens with zero attached hydrogens (tertiary/aromatic N) is 6. The van der Waals surface area contributed by atoms with E-state index < -0.39 is 0 Å². The Balaban J connectivity index is 0.00000385. The first-order valence-electron chi connectivity index (χ1n) is 11.6. The van der Waals surface area contributed by atoms with Gasteiger partial charge in [0.15, 0.2) is 11.8 Å². The van der Waals surface area contributed by atoms with Crippen LogP contribution in [0.25, 0.3) is 6.08 Å². The quantitative estimate of drug-likeness (QED) is 0.206. The van der Waals surface area contributed by atoms with Crippen molar-refractivity contribution in [1.82, 2.24) is 29.9 Å². The largest absolute Gasteiger partial charge is 0.382 e. The maximum Gasteiger partial charge on any atom is 0.194 e. The van der Waals surface area contributed by atoms with Crippen LogP contribution in [0.1, 0.15) is 30.6 Å². The first-order valence-corrected chi connectivity index (χ1v) is 11.6. The molecule has 33 heavy (non-hydrogen) atoms. The summed E-state index contributed by atoms with van der Waals surface area (Å²) >= 11 is 0. The van der Waals surface area contributed by atoms with Gasteiger partial charge in [0.1, 0.15) is 12.4 Å². The van der Waals surface area contributed by atoms with Crippen molar-refractivity contribution in [1.29, 1.82) is 0 Å². The zero-order valence-corrected chi connectivity index (χ0v) is 22.4. The minimum Gasteiger partial charge on any atom is -0.382 e. The summed E-state index contributed by atoms with van der Waals surface area (Å²) in [5.74, 6) is 2.72. The van der Waals surface area contributed by atoms with Crippen LogP contribution in [0.15, 0.2) is 41.4 Å². The Morgan fingerprint density at radius 2 is 1.91 bits per heavy atom. The van der Waals surface area contributed by atoms with E-state index in [0.29, 0.717) is 6.54 Å². The minimum atomic E-state index is 0. The molecule has 1 saturated heterocycles. The number of benzene rings is 1. The summed E-state index contributed by atoms with van der Waals surface area (Å²) in [6.07, 6.45) is 5.41. The molecule has 2 heterocycles. The van der Waals surface area contributed by atoms with E-state index in [1.807, 2.05) is 31.5 Å². The van der Waals surface area contributed by atoms with Gasteiger partial charge in [-0.1, -0.05) is 42.5 Å². The van der Waals surface area contributed by atoms with Crippen molar-refractivity contribution in [2.75, 3.05) is 52.5 Å². The van der Waals surface area contributed by atoms with Crippen molar-refractivity contribution in [3.63, 3.8) is 0 Å². The number of hydrogen-bond donors (Lipinski definition) is 1. The van der Waals surface area contributed by atoms with Crippen LogP contribution in [0, 0.1) is 6.92 Å².